The lowest BCUT2D eigenvalue weighted by molar-refractivity contribution is 0.0953. The molecule has 1 atom stereocenters. The van der Waals surface area contributed by atoms with Crippen LogP contribution in [-0.2, 0) is 9.84 Å². The number of thiophene rings is 1. The molecule has 0 fully saturated rings. The van der Waals surface area contributed by atoms with E-state index in [1.165, 1.54) is 50.7 Å². The molecule has 1 heterocycles. The molecule has 164 valence electrons. The molecule has 6 nitrogen and oxygen atoms in total. The molecule has 3 aromatic rings. The van der Waals surface area contributed by atoms with Gasteiger partial charge >= 0.3 is 0 Å². The van der Waals surface area contributed by atoms with Crippen molar-refractivity contribution in [3.63, 3.8) is 0 Å². The third-order valence-electron chi connectivity index (χ3n) is 4.79. The quantitative estimate of drug-likeness (QED) is 0.508. The Kier molecular flexibility index (Phi) is 6.97. The van der Waals surface area contributed by atoms with Gasteiger partial charge in [-0.15, -0.1) is 11.3 Å². The summed E-state index contributed by atoms with van der Waals surface area (Å²) in [5.41, 5.74) is 0.540. The smallest absolute Gasteiger partial charge is 0.251 e. The van der Waals surface area contributed by atoms with Crippen LogP contribution in [0.2, 0.25) is 0 Å². The van der Waals surface area contributed by atoms with Gasteiger partial charge in [-0.3, -0.25) is 4.79 Å². The van der Waals surface area contributed by atoms with E-state index >= 15 is 0 Å². The van der Waals surface area contributed by atoms with Crippen molar-refractivity contribution in [3.8, 4) is 11.5 Å². The Morgan fingerprint density at radius 1 is 1.10 bits per heavy atom. The van der Waals surface area contributed by atoms with Gasteiger partial charge in [0.25, 0.3) is 5.91 Å². The highest BCUT2D eigenvalue weighted by Gasteiger charge is 2.31. The van der Waals surface area contributed by atoms with Gasteiger partial charge in [0, 0.05) is 17.0 Å². The number of sulfone groups is 1. The van der Waals surface area contributed by atoms with Crippen molar-refractivity contribution in [2.45, 2.75) is 17.1 Å². The molecule has 3 rings (SSSR count). The number of ether oxygens (including phenoxy) is 2. The first-order chi connectivity index (χ1) is 14.8. The maximum Gasteiger partial charge on any atom is 0.251 e. The van der Waals surface area contributed by atoms with Gasteiger partial charge in [0.05, 0.1) is 19.1 Å². The third kappa shape index (κ3) is 4.88. The number of rotatable bonds is 8. The minimum atomic E-state index is -3.88. The van der Waals surface area contributed by atoms with E-state index in [0.717, 1.165) is 6.07 Å². The van der Waals surface area contributed by atoms with E-state index in [0.29, 0.717) is 21.9 Å². The third-order valence-corrected chi connectivity index (χ3v) is 8.00. The number of hydrogen-bond donors (Lipinski definition) is 1. The molecule has 0 radical (unpaired) electrons. The van der Waals surface area contributed by atoms with Crippen LogP contribution in [0.1, 0.15) is 26.0 Å². The minimum Gasteiger partial charge on any atom is -0.493 e. The predicted molar refractivity (Wildman–Crippen MR) is 117 cm³/mol. The summed E-state index contributed by atoms with van der Waals surface area (Å²) in [5.74, 6) is -0.0643. The highest BCUT2D eigenvalue weighted by atomic mass is 32.2. The molecule has 1 N–H and O–H groups in total. The summed E-state index contributed by atoms with van der Waals surface area (Å²) >= 11 is 1.28. The van der Waals surface area contributed by atoms with Gasteiger partial charge in [-0.25, -0.2) is 12.8 Å². The molecule has 1 aromatic heterocycles. The van der Waals surface area contributed by atoms with Crippen LogP contribution in [0.5, 0.6) is 11.5 Å². The molecule has 0 unspecified atom stereocenters. The summed E-state index contributed by atoms with van der Waals surface area (Å²) in [6.07, 6.45) is 0. The lowest BCUT2D eigenvalue weighted by Crippen LogP contribution is -2.31. The van der Waals surface area contributed by atoms with Gasteiger partial charge in [0.2, 0.25) is 0 Å². The van der Waals surface area contributed by atoms with Crippen molar-refractivity contribution in [1.29, 1.82) is 0 Å². The molecule has 0 aliphatic rings. The summed E-state index contributed by atoms with van der Waals surface area (Å²) in [6.45, 7) is 1.36. The zero-order valence-electron chi connectivity index (χ0n) is 17.2. The first-order valence-electron chi connectivity index (χ1n) is 9.31. The molecule has 0 saturated carbocycles. The maximum atomic E-state index is 13.6. The highest BCUT2D eigenvalue weighted by Crippen LogP contribution is 2.32. The Morgan fingerprint density at radius 2 is 1.84 bits per heavy atom. The van der Waals surface area contributed by atoms with Gasteiger partial charge in [-0.05, 0) is 60.3 Å². The van der Waals surface area contributed by atoms with Crippen molar-refractivity contribution >= 4 is 27.1 Å². The van der Waals surface area contributed by atoms with Crippen molar-refractivity contribution < 1.29 is 27.1 Å². The number of nitrogens with one attached hydrogen (secondary N) is 1. The Morgan fingerprint density at radius 3 is 2.45 bits per heavy atom. The van der Waals surface area contributed by atoms with Gasteiger partial charge in [0.15, 0.2) is 21.3 Å². The van der Waals surface area contributed by atoms with E-state index in [1.54, 1.807) is 29.6 Å². The van der Waals surface area contributed by atoms with E-state index < -0.39 is 26.8 Å². The predicted octanol–water partition coefficient (Wildman–Crippen LogP) is 4.16. The van der Waals surface area contributed by atoms with Crippen LogP contribution in [0.3, 0.4) is 0 Å². The summed E-state index contributed by atoms with van der Waals surface area (Å²) in [6, 6.07) is 11.8. The first kappa shape index (κ1) is 22.8. The fourth-order valence-electron chi connectivity index (χ4n) is 3.06. The molecule has 1 amide bonds. The largest absolute Gasteiger partial charge is 0.493 e. The monoisotopic (exact) mass is 463 g/mol. The van der Waals surface area contributed by atoms with E-state index in [2.05, 4.69) is 5.32 Å². The number of aryl methyl sites for hydroxylation is 1. The topological polar surface area (TPSA) is 81.7 Å². The van der Waals surface area contributed by atoms with Crippen LogP contribution < -0.4 is 14.8 Å². The molecule has 2 aromatic carbocycles. The Hall–Kier alpha value is -2.91. The molecule has 0 spiro atoms. The van der Waals surface area contributed by atoms with E-state index in [9.17, 15) is 17.6 Å². The van der Waals surface area contributed by atoms with Gasteiger partial charge in [-0.2, -0.15) is 0 Å². The van der Waals surface area contributed by atoms with Crippen molar-refractivity contribution in [2.75, 3.05) is 20.8 Å². The Balaban J connectivity index is 1.87. The number of carbonyl (C=O) groups is 1. The molecule has 0 aliphatic carbocycles. The molecular weight excluding hydrogens is 441 g/mol. The van der Waals surface area contributed by atoms with Crippen molar-refractivity contribution in [2.24, 2.45) is 0 Å². The molecule has 0 aliphatic heterocycles. The average Bonchev–Trinajstić information content (AvgIpc) is 3.29. The second kappa shape index (κ2) is 9.49. The number of hydrogen-bond acceptors (Lipinski definition) is 6. The first-order valence-corrected chi connectivity index (χ1v) is 11.7. The number of carbonyl (C=O) groups excluding carboxylic acids is 1. The summed E-state index contributed by atoms with van der Waals surface area (Å²) in [4.78, 5) is 13.3. The maximum absolute atomic E-state index is 13.6. The van der Waals surface area contributed by atoms with E-state index in [1.807, 2.05) is 0 Å². The van der Waals surface area contributed by atoms with Gasteiger partial charge in [0.1, 0.15) is 11.1 Å². The van der Waals surface area contributed by atoms with Crippen molar-refractivity contribution in [1.82, 2.24) is 5.32 Å². The molecule has 31 heavy (non-hydrogen) atoms. The summed E-state index contributed by atoms with van der Waals surface area (Å²) < 4.78 is 50.7. The summed E-state index contributed by atoms with van der Waals surface area (Å²) in [7, 11) is -0.927. The Bertz CT molecular complexity index is 1180. The molecule has 9 heteroatoms. The number of methoxy groups -OCH3 is 2. The van der Waals surface area contributed by atoms with Crippen LogP contribution in [0, 0.1) is 12.7 Å². The molecular formula is C22H22FNO5S2. The van der Waals surface area contributed by atoms with Crippen LogP contribution in [0.4, 0.5) is 4.39 Å². The fraction of sp³-hybridized carbons (Fsp3) is 0.227. The lowest BCUT2D eigenvalue weighted by Gasteiger charge is -2.18. The second-order valence-electron chi connectivity index (χ2n) is 6.74. The number of benzene rings is 2. The van der Waals surface area contributed by atoms with Crippen LogP contribution in [0.25, 0.3) is 0 Å². The number of amides is 1. The van der Waals surface area contributed by atoms with Gasteiger partial charge < -0.3 is 14.8 Å². The second-order valence-corrected chi connectivity index (χ2v) is 9.85. The van der Waals surface area contributed by atoms with E-state index in [4.69, 9.17) is 9.47 Å². The average molecular weight is 464 g/mol. The van der Waals surface area contributed by atoms with Crippen molar-refractivity contribution in [3.05, 3.63) is 75.7 Å². The molecule has 0 saturated heterocycles. The van der Waals surface area contributed by atoms with Gasteiger partial charge in [-0.1, -0.05) is 6.07 Å². The van der Waals surface area contributed by atoms with Crippen LogP contribution >= 0.6 is 11.3 Å². The lowest BCUT2D eigenvalue weighted by atomic mass is 10.2. The highest BCUT2D eigenvalue weighted by molar-refractivity contribution is 7.91. The zero-order chi connectivity index (χ0) is 22.6. The minimum absolute atomic E-state index is 0.00478. The van der Waals surface area contributed by atoms with Crippen LogP contribution in [0.15, 0.2) is 58.8 Å². The molecule has 0 bridgehead atoms. The van der Waals surface area contributed by atoms with E-state index in [-0.39, 0.29) is 17.0 Å². The zero-order valence-corrected chi connectivity index (χ0v) is 18.8. The Labute approximate surface area is 184 Å². The number of halogens is 1. The fourth-order valence-corrected chi connectivity index (χ4v) is 5.93. The summed E-state index contributed by atoms with van der Waals surface area (Å²) in [5, 5.41) is 3.45. The normalized spacial score (nSPS) is 12.3. The standard InChI is InChI=1S/C22H22FNO5S2/c1-14-11-16(7-8-17(14)23)31(26,27)21(20-5-4-10-30-20)13-24-22(25)15-6-9-18(28-2)19(12-15)29-3/h4-12,21H,13H2,1-3H3,(H,24,25)/t21-/m0/s1. The SMILES string of the molecule is COc1ccc(C(=O)NC[C@@H](c2cccs2)S(=O)(=O)c2ccc(F)c(C)c2)cc1OC. The van der Waals surface area contributed by atoms with Crippen LogP contribution in [-0.4, -0.2) is 35.1 Å².